The standard InChI is InChI=1S/C16H22N2O2/c1-4-8-17-10-14-7-5-6-12(2)16(14)19-11-15-9-13(3)18-20-15/h5-7,9,17H,4,8,10-11H2,1-3H3. The minimum absolute atomic E-state index is 0.409. The van der Waals surface area contributed by atoms with Crippen molar-refractivity contribution in [2.75, 3.05) is 6.54 Å². The lowest BCUT2D eigenvalue weighted by atomic mass is 10.1. The van der Waals surface area contributed by atoms with Crippen molar-refractivity contribution in [3.63, 3.8) is 0 Å². The lowest BCUT2D eigenvalue weighted by Gasteiger charge is -2.13. The van der Waals surface area contributed by atoms with Crippen molar-refractivity contribution in [3.8, 4) is 5.75 Å². The van der Waals surface area contributed by atoms with Crippen molar-refractivity contribution in [3.05, 3.63) is 46.8 Å². The van der Waals surface area contributed by atoms with E-state index in [1.54, 1.807) is 0 Å². The minimum atomic E-state index is 0.409. The van der Waals surface area contributed by atoms with Crippen molar-refractivity contribution in [1.82, 2.24) is 10.5 Å². The highest BCUT2D eigenvalue weighted by Gasteiger charge is 2.09. The highest BCUT2D eigenvalue weighted by molar-refractivity contribution is 5.40. The number of rotatable bonds is 7. The summed E-state index contributed by atoms with van der Waals surface area (Å²) in [6.07, 6.45) is 1.12. The molecule has 0 spiro atoms. The summed E-state index contributed by atoms with van der Waals surface area (Å²) in [6, 6.07) is 8.11. The van der Waals surface area contributed by atoms with E-state index in [1.165, 1.54) is 5.56 Å². The Balaban J connectivity index is 2.04. The molecule has 4 heteroatoms. The minimum Gasteiger partial charge on any atom is -0.485 e. The number of nitrogens with one attached hydrogen (secondary N) is 1. The first-order valence-corrected chi connectivity index (χ1v) is 7.05. The molecule has 4 nitrogen and oxygen atoms in total. The fourth-order valence-corrected chi connectivity index (χ4v) is 2.09. The molecule has 0 aliphatic rings. The van der Waals surface area contributed by atoms with Gasteiger partial charge in [-0.1, -0.05) is 30.3 Å². The van der Waals surface area contributed by atoms with Gasteiger partial charge in [0.25, 0.3) is 0 Å². The lowest BCUT2D eigenvalue weighted by Crippen LogP contribution is -2.15. The van der Waals surface area contributed by atoms with Crippen LogP contribution < -0.4 is 10.1 Å². The van der Waals surface area contributed by atoms with Gasteiger partial charge < -0.3 is 14.6 Å². The van der Waals surface area contributed by atoms with Gasteiger partial charge in [0, 0.05) is 18.2 Å². The van der Waals surface area contributed by atoms with Gasteiger partial charge in [-0.05, 0) is 32.4 Å². The second kappa shape index (κ2) is 7.10. The van der Waals surface area contributed by atoms with Crippen LogP contribution in [0.3, 0.4) is 0 Å². The molecule has 0 aliphatic carbocycles. The van der Waals surface area contributed by atoms with Crippen LogP contribution in [0.25, 0.3) is 0 Å². The average Bonchev–Trinajstić information content (AvgIpc) is 2.84. The molecule has 20 heavy (non-hydrogen) atoms. The summed E-state index contributed by atoms with van der Waals surface area (Å²) in [5, 5.41) is 7.27. The zero-order valence-corrected chi connectivity index (χ0v) is 12.4. The van der Waals surface area contributed by atoms with Gasteiger partial charge in [-0.25, -0.2) is 0 Å². The second-order valence-corrected chi connectivity index (χ2v) is 4.96. The molecule has 0 aliphatic heterocycles. The van der Waals surface area contributed by atoms with E-state index in [1.807, 2.05) is 13.0 Å². The van der Waals surface area contributed by atoms with Crippen molar-refractivity contribution in [1.29, 1.82) is 0 Å². The van der Waals surface area contributed by atoms with Crippen molar-refractivity contribution in [2.45, 2.75) is 40.3 Å². The van der Waals surface area contributed by atoms with E-state index in [-0.39, 0.29) is 0 Å². The second-order valence-electron chi connectivity index (χ2n) is 4.96. The summed E-state index contributed by atoms with van der Waals surface area (Å²) in [6.45, 7) is 8.36. The molecule has 1 N–H and O–H groups in total. The van der Waals surface area contributed by atoms with Gasteiger partial charge in [0.1, 0.15) is 12.4 Å². The summed E-state index contributed by atoms with van der Waals surface area (Å²) in [5.74, 6) is 1.68. The quantitative estimate of drug-likeness (QED) is 0.786. The molecule has 2 rings (SSSR count). The van der Waals surface area contributed by atoms with Crippen LogP contribution in [0.2, 0.25) is 0 Å². The van der Waals surface area contributed by atoms with Crippen LogP contribution in [0.15, 0.2) is 28.8 Å². The molecule has 2 aromatic rings. The Kier molecular flexibility index (Phi) is 5.18. The van der Waals surface area contributed by atoms with E-state index in [0.717, 1.165) is 42.3 Å². The lowest BCUT2D eigenvalue weighted by molar-refractivity contribution is 0.245. The molecule has 1 heterocycles. The number of nitrogens with zero attached hydrogens (tertiary/aromatic N) is 1. The van der Waals surface area contributed by atoms with Gasteiger partial charge in [-0.15, -0.1) is 0 Å². The number of benzene rings is 1. The number of aromatic nitrogens is 1. The highest BCUT2D eigenvalue weighted by Crippen LogP contribution is 2.24. The number of hydrogen-bond acceptors (Lipinski definition) is 4. The molecule has 108 valence electrons. The molecule has 0 fully saturated rings. The summed E-state index contributed by atoms with van der Waals surface area (Å²) in [7, 11) is 0. The Morgan fingerprint density at radius 1 is 1.30 bits per heavy atom. The molecule has 0 radical (unpaired) electrons. The zero-order chi connectivity index (χ0) is 14.4. The number of ether oxygens (including phenoxy) is 1. The molecule has 1 aromatic carbocycles. The maximum atomic E-state index is 5.92. The molecule has 0 bridgehead atoms. The van der Waals surface area contributed by atoms with E-state index >= 15 is 0 Å². The Morgan fingerprint density at radius 3 is 2.85 bits per heavy atom. The average molecular weight is 274 g/mol. The van der Waals surface area contributed by atoms with E-state index < -0.39 is 0 Å². The maximum Gasteiger partial charge on any atom is 0.174 e. The van der Waals surface area contributed by atoms with Gasteiger partial charge in [-0.2, -0.15) is 0 Å². The summed E-state index contributed by atoms with van der Waals surface area (Å²) < 4.78 is 11.1. The SMILES string of the molecule is CCCNCc1cccc(C)c1OCc1cc(C)no1. The van der Waals surface area contributed by atoms with Gasteiger partial charge in [0.05, 0.1) is 5.69 Å². The van der Waals surface area contributed by atoms with Crippen LogP contribution >= 0.6 is 0 Å². The fraction of sp³-hybridized carbons (Fsp3) is 0.438. The number of aryl methyl sites for hydroxylation is 2. The Labute approximate surface area is 120 Å². The third-order valence-corrected chi connectivity index (χ3v) is 3.07. The topological polar surface area (TPSA) is 47.3 Å². The van der Waals surface area contributed by atoms with E-state index in [2.05, 4.69) is 42.5 Å². The largest absolute Gasteiger partial charge is 0.485 e. The molecule has 0 saturated carbocycles. The summed E-state index contributed by atoms with van der Waals surface area (Å²) in [5.41, 5.74) is 3.19. The Bertz CT molecular complexity index is 549. The Morgan fingerprint density at radius 2 is 2.15 bits per heavy atom. The van der Waals surface area contributed by atoms with Gasteiger partial charge >= 0.3 is 0 Å². The predicted octanol–water partition coefficient (Wildman–Crippen LogP) is 3.37. The molecule has 1 aromatic heterocycles. The predicted molar refractivity (Wildman–Crippen MR) is 78.7 cm³/mol. The van der Waals surface area contributed by atoms with Crippen LogP contribution in [0.5, 0.6) is 5.75 Å². The highest BCUT2D eigenvalue weighted by atomic mass is 16.5. The molecule has 0 atom stereocenters. The van der Waals surface area contributed by atoms with E-state index in [9.17, 15) is 0 Å². The number of para-hydroxylation sites is 1. The normalized spacial score (nSPS) is 10.8. The van der Waals surface area contributed by atoms with Crippen LogP contribution in [0, 0.1) is 13.8 Å². The van der Waals surface area contributed by atoms with Crippen molar-refractivity contribution < 1.29 is 9.26 Å². The van der Waals surface area contributed by atoms with Crippen LogP contribution in [-0.4, -0.2) is 11.7 Å². The molecule has 0 unspecified atom stereocenters. The zero-order valence-electron chi connectivity index (χ0n) is 12.4. The van der Waals surface area contributed by atoms with Crippen LogP contribution in [-0.2, 0) is 13.2 Å². The third-order valence-electron chi connectivity index (χ3n) is 3.07. The maximum absolute atomic E-state index is 5.92. The summed E-state index contributed by atoms with van der Waals surface area (Å²) >= 11 is 0. The third kappa shape index (κ3) is 3.84. The smallest absolute Gasteiger partial charge is 0.174 e. The first-order chi connectivity index (χ1) is 9.70. The first kappa shape index (κ1) is 14.6. The molecule has 0 amide bonds. The van der Waals surface area contributed by atoms with E-state index in [0.29, 0.717) is 6.61 Å². The van der Waals surface area contributed by atoms with Crippen LogP contribution in [0.1, 0.15) is 35.9 Å². The molecule has 0 saturated heterocycles. The molecular weight excluding hydrogens is 252 g/mol. The fourth-order valence-electron chi connectivity index (χ4n) is 2.09. The monoisotopic (exact) mass is 274 g/mol. The van der Waals surface area contributed by atoms with Crippen molar-refractivity contribution >= 4 is 0 Å². The van der Waals surface area contributed by atoms with Gasteiger partial charge in [0.15, 0.2) is 5.76 Å². The van der Waals surface area contributed by atoms with Crippen molar-refractivity contribution in [2.24, 2.45) is 0 Å². The van der Waals surface area contributed by atoms with Gasteiger partial charge in [-0.3, -0.25) is 0 Å². The van der Waals surface area contributed by atoms with Gasteiger partial charge in [0.2, 0.25) is 0 Å². The number of hydrogen-bond donors (Lipinski definition) is 1. The Hall–Kier alpha value is -1.81. The molecular formula is C16H22N2O2. The van der Waals surface area contributed by atoms with Crippen LogP contribution in [0.4, 0.5) is 0 Å². The van der Waals surface area contributed by atoms with E-state index in [4.69, 9.17) is 9.26 Å². The first-order valence-electron chi connectivity index (χ1n) is 7.05. The summed E-state index contributed by atoms with van der Waals surface area (Å²) in [4.78, 5) is 0.